The summed E-state index contributed by atoms with van der Waals surface area (Å²) in [5.74, 6) is -0.237. The average Bonchev–Trinajstić information content (AvgIpc) is 2.30. The molecule has 0 spiro atoms. The largest absolute Gasteiger partial charge is 0.380 e. The zero-order valence-electron chi connectivity index (χ0n) is 9.18. The molecule has 0 aliphatic rings. The van der Waals surface area contributed by atoms with Crippen LogP contribution in [0.25, 0.3) is 0 Å². The van der Waals surface area contributed by atoms with Crippen LogP contribution >= 0.6 is 50.1 Å². The molecule has 2 aromatic carbocycles. The maximum Gasteiger partial charge on any atom is 0.129 e. The predicted molar refractivity (Wildman–Crippen MR) is 85.6 cm³/mol. The van der Waals surface area contributed by atoms with Gasteiger partial charge < -0.3 is 5.32 Å². The molecule has 0 fully saturated rings. The quantitative estimate of drug-likeness (QED) is 0.625. The van der Waals surface area contributed by atoms with Crippen molar-refractivity contribution in [2.75, 3.05) is 5.32 Å². The molecule has 1 nitrogen and oxygen atoms in total. The van der Waals surface area contributed by atoms with Crippen molar-refractivity contribution in [3.05, 3.63) is 60.8 Å². The summed E-state index contributed by atoms with van der Waals surface area (Å²) in [6, 6.07) is 10.7. The molecule has 5 heteroatoms. The fourth-order valence-corrected chi connectivity index (χ4v) is 2.74. The van der Waals surface area contributed by atoms with E-state index >= 15 is 0 Å². The van der Waals surface area contributed by atoms with Gasteiger partial charge in [0.1, 0.15) is 5.82 Å². The second-order valence-corrected chi connectivity index (χ2v) is 6.28. The van der Waals surface area contributed by atoms with Crippen molar-refractivity contribution in [3.63, 3.8) is 0 Å². The van der Waals surface area contributed by atoms with Crippen molar-refractivity contribution >= 4 is 55.8 Å². The average molecular weight is 440 g/mol. The monoisotopic (exact) mass is 439 g/mol. The molecule has 0 heterocycles. The van der Waals surface area contributed by atoms with Crippen LogP contribution in [0.1, 0.15) is 5.56 Å². The van der Waals surface area contributed by atoms with E-state index in [0.717, 1.165) is 13.7 Å². The minimum Gasteiger partial charge on any atom is -0.380 e. The summed E-state index contributed by atoms with van der Waals surface area (Å²) in [4.78, 5) is 0. The lowest BCUT2D eigenvalue weighted by molar-refractivity contribution is 0.612. The lowest BCUT2D eigenvalue weighted by Gasteiger charge is -2.09. The summed E-state index contributed by atoms with van der Waals surface area (Å²) < 4.78 is 15.4. The maximum absolute atomic E-state index is 13.6. The van der Waals surface area contributed by atoms with Crippen molar-refractivity contribution in [2.45, 2.75) is 6.54 Å². The maximum atomic E-state index is 13.6. The molecule has 0 amide bonds. The summed E-state index contributed by atoms with van der Waals surface area (Å²) in [7, 11) is 0. The highest BCUT2D eigenvalue weighted by molar-refractivity contribution is 14.1. The normalized spacial score (nSPS) is 10.4. The highest BCUT2D eigenvalue weighted by Gasteiger charge is 2.04. The predicted octanol–water partition coefficient (Wildman–Crippen LogP) is 5.46. The number of rotatable bonds is 3. The van der Waals surface area contributed by atoms with E-state index in [2.05, 4.69) is 43.8 Å². The van der Waals surface area contributed by atoms with Gasteiger partial charge in [0.15, 0.2) is 0 Å². The smallest absolute Gasteiger partial charge is 0.129 e. The van der Waals surface area contributed by atoms with Crippen molar-refractivity contribution < 1.29 is 4.39 Å². The minimum absolute atomic E-state index is 0.237. The summed E-state index contributed by atoms with van der Waals surface area (Å²) in [6.45, 7) is 0.402. The summed E-state index contributed by atoms with van der Waals surface area (Å²) in [5.41, 5.74) is 1.41. The molecule has 0 unspecified atom stereocenters. The Morgan fingerprint density at radius 3 is 2.67 bits per heavy atom. The molecular formula is C13H9BrClFIN. The third-order valence-corrected chi connectivity index (χ3v) is 3.89. The highest BCUT2D eigenvalue weighted by atomic mass is 127. The van der Waals surface area contributed by atoms with E-state index in [1.165, 1.54) is 6.07 Å². The van der Waals surface area contributed by atoms with E-state index in [1.807, 2.05) is 24.3 Å². The van der Waals surface area contributed by atoms with Crippen molar-refractivity contribution in [2.24, 2.45) is 0 Å². The molecule has 0 aliphatic heterocycles. The van der Waals surface area contributed by atoms with Crippen LogP contribution in [0, 0.1) is 9.39 Å². The Hall–Kier alpha value is -0.330. The molecule has 1 N–H and O–H groups in total. The third-order valence-electron chi connectivity index (χ3n) is 2.42. The van der Waals surface area contributed by atoms with E-state index in [1.54, 1.807) is 6.07 Å². The van der Waals surface area contributed by atoms with E-state index in [0.29, 0.717) is 17.1 Å². The van der Waals surface area contributed by atoms with Gasteiger partial charge in [0.25, 0.3) is 0 Å². The Morgan fingerprint density at radius 1 is 1.22 bits per heavy atom. The molecule has 0 aromatic heterocycles. The Labute approximate surface area is 132 Å². The fraction of sp³-hybridized carbons (Fsp3) is 0.0769. The molecule has 0 saturated carbocycles. The zero-order chi connectivity index (χ0) is 13.1. The second kappa shape index (κ2) is 6.21. The van der Waals surface area contributed by atoms with Gasteiger partial charge in [0, 0.05) is 20.2 Å². The van der Waals surface area contributed by atoms with Crippen LogP contribution in [0.2, 0.25) is 5.02 Å². The van der Waals surface area contributed by atoms with Gasteiger partial charge in [-0.25, -0.2) is 4.39 Å². The van der Waals surface area contributed by atoms with Gasteiger partial charge in [0.05, 0.1) is 10.7 Å². The number of benzene rings is 2. The molecule has 0 radical (unpaired) electrons. The standard InChI is InChI=1S/C13H9BrClFIN/c14-9-2-1-8(12(16)5-9)7-18-13-4-3-10(17)6-11(13)15/h1-6,18H,7H2. The SMILES string of the molecule is Fc1cc(Br)ccc1CNc1ccc(I)cc1Cl. The van der Waals surface area contributed by atoms with E-state index < -0.39 is 0 Å². The van der Waals surface area contributed by atoms with Gasteiger partial charge in [-0.15, -0.1) is 0 Å². The first-order valence-electron chi connectivity index (χ1n) is 5.19. The molecule has 0 atom stereocenters. The first-order chi connectivity index (χ1) is 8.56. The number of hydrogen-bond donors (Lipinski definition) is 1. The van der Waals surface area contributed by atoms with Gasteiger partial charge >= 0.3 is 0 Å². The van der Waals surface area contributed by atoms with Crippen LogP contribution in [0.3, 0.4) is 0 Å². The minimum atomic E-state index is -0.237. The Kier molecular flexibility index (Phi) is 4.86. The Morgan fingerprint density at radius 2 is 2.00 bits per heavy atom. The van der Waals surface area contributed by atoms with Crippen LogP contribution in [0.5, 0.6) is 0 Å². The van der Waals surface area contributed by atoms with Crippen LogP contribution in [-0.4, -0.2) is 0 Å². The lowest BCUT2D eigenvalue weighted by atomic mass is 10.2. The summed E-state index contributed by atoms with van der Waals surface area (Å²) >= 11 is 11.5. The van der Waals surface area contributed by atoms with Crippen LogP contribution in [0.4, 0.5) is 10.1 Å². The Bertz CT molecular complexity index is 525. The third kappa shape index (κ3) is 3.59. The van der Waals surface area contributed by atoms with Crippen LogP contribution in [-0.2, 0) is 6.54 Å². The van der Waals surface area contributed by atoms with Crippen LogP contribution in [0.15, 0.2) is 40.9 Å². The van der Waals surface area contributed by atoms with Gasteiger partial charge in [-0.1, -0.05) is 33.6 Å². The number of hydrogen-bond acceptors (Lipinski definition) is 1. The van der Waals surface area contributed by atoms with Crippen molar-refractivity contribution in [1.29, 1.82) is 0 Å². The number of anilines is 1. The van der Waals surface area contributed by atoms with Gasteiger partial charge in [-0.2, -0.15) is 0 Å². The second-order valence-electron chi connectivity index (χ2n) is 3.71. The summed E-state index contributed by atoms with van der Waals surface area (Å²) in [5, 5.41) is 3.76. The van der Waals surface area contributed by atoms with E-state index in [-0.39, 0.29) is 5.82 Å². The number of nitrogens with one attached hydrogen (secondary N) is 1. The van der Waals surface area contributed by atoms with E-state index in [4.69, 9.17) is 11.6 Å². The molecule has 18 heavy (non-hydrogen) atoms. The summed E-state index contributed by atoms with van der Waals surface area (Å²) in [6.07, 6.45) is 0. The van der Waals surface area contributed by atoms with Crippen molar-refractivity contribution in [1.82, 2.24) is 0 Å². The first kappa shape index (κ1) is 14.1. The van der Waals surface area contributed by atoms with Gasteiger partial charge in [-0.05, 0) is 52.9 Å². The van der Waals surface area contributed by atoms with Gasteiger partial charge in [-0.3, -0.25) is 0 Å². The molecule has 0 saturated heterocycles. The molecule has 2 rings (SSSR count). The molecule has 94 valence electrons. The van der Waals surface area contributed by atoms with Crippen LogP contribution < -0.4 is 5.32 Å². The topological polar surface area (TPSA) is 12.0 Å². The molecule has 0 aliphatic carbocycles. The molecule has 2 aromatic rings. The number of halogens is 4. The van der Waals surface area contributed by atoms with Crippen molar-refractivity contribution in [3.8, 4) is 0 Å². The molecule has 0 bridgehead atoms. The fourth-order valence-electron chi connectivity index (χ4n) is 1.49. The van der Waals surface area contributed by atoms with Gasteiger partial charge in [0.2, 0.25) is 0 Å². The highest BCUT2D eigenvalue weighted by Crippen LogP contribution is 2.25. The first-order valence-corrected chi connectivity index (χ1v) is 7.44. The van der Waals surface area contributed by atoms with E-state index in [9.17, 15) is 4.39 Å². The molecular weight excluding hydrogens is 431 g/mol. The zero-order valence-corrected chi connectivity index (χ0v) is 13.7. The Balaban J connectivity index is 2.11. The lowest BCUT2D eigenvalue weighted by Crippen LogP contribution is -2.02.